The third-order valence-electron chi connectivity index (χ3n) is 6.10. The molecule has 172 valence electrons. The van der Waals surface area contributed by atoms with Crippen LogP contribution in [0.4, 0.5) is 9.18 Å². The van der Waals surface area contributed by atoms with Crippen LogP contribution in [0, 0.1) is 0 Å². The van der Waals surface area contributed by atoms with E-state index in [1.54, 1.807) is 4.90 Å². The van der Waals surface area contributed by atoms with Gasteiger partial charge in [0.25, 0.3) is 0 Å². The molecule has 1 saturated carbocycles. The number of hydrogen-bond donors (Lipinski definition) is 1. The first kappa shape index (κ1) is 22.7. The van der Waals surface area contributed by atoms with Gasteiger partial charge in [-0.15, -0.1) is 0 Å². The van der Waals surface area contributed by atoms with E-state index in [1.165, 1.54) is 0 Å². The fourth-order valence-corrected chi connectivity index (χ4v) is 5.08. The summed E-state index contributed by atoms with van der Waals surface area (Å²) in [5.41, 5.74) is 1.72. The highest BCUT2D eigenvalue weighted by Gasteiger charge is 2.45. The van der Waals surface area contributed by atoms with Crippen molar-refractivity contribution in [3.05, 3.63) is 60.2 Å². The van der Waals surface area contributed by atoms with Gasteiger partial charge in [-0.2, -0.15) is 0 Å². The summed E-state index contributed by atoms with van der Waals surface area (Å²) < 4.78 is 45.9. The lowest BCUT2D eigenvalue weighted by Gasteiger charge is -2.40. The van der Waals surface area contributed by atoms with E-state index in [4.69, 9.17) is 4.74 Å². The van der Waals surface area contributed by atoms with Gasteiger partial charge in [0.05, 0.1) is 12.3 Å². The smallest absolute Gasteiger partial charge is 0.410 e. The van der Waals surface area contributed by atoms with Crippen molar-refractivity contribution >= 4 is 16.1 Å². The number of likely N-dealkylation sites (tertiary alicyclic amines) is 1. The molecule has 2 fully saturated rings. The average molecular weight is 461 g/mol. The van der Waals surface area contributed by atoms with Gasteiger partial charge in [-0.1, -0.05) is 54.6 Å². The minimum atomic E-state index is -3.46. The lowest BCUT2D eigenvalue weighted by Crippen LogP contribution is -2.58. The molecule has 0 aromatic heterocycles. The number of nitrogens with zero attached hydrogens (tertiary/aromatic N) is 1. The molecule has 0 radical (unpaired) electrons. The zero-order chi connectivity index (χ0) is 22.8. The van der Waals surface area contributed by atoms with E-state index in [2.05, 4.69) is 10.8 Å². The Balaban J connectivity index is 1.57. The van der Waals surface area contributed by atoms with Crippen molar-refractivity contribution in [1.82, 2.24) is 9.62 Å². The van der Waals surface area contributed by atoms with Crippen LogP contribution in [0.5, 0.6) is 0 Å². The zero-order valence-corrected chi connectivity index (χ0v) is 19.0. The molecule has 0 unspecified atom stereocenters. The van der Waals surface area contributed by atoms with Crippen molar-refractivity contribution in [1.29, 1.82) is 0 Å². The maximum Gasteiger partial charge on any atom is 0.410 e. The fraction of sp³-hybridized carbons (Fsp3) is 0.458. The predicted molar refractivity (Wildman–Crippen MR) is 121 cm³/mol. The number of nitrogens with one attached hydrogen (secondary N) is 1. The van der Waals surface area contributed by atoms with E-state index in [0.29, 0.717) is 38.6 Å². The van der Waals surface area contributed by atoms with Crippen LogP contribution in [0.15, 0.2) is 54.6 Å². The Kier molecular flexibility index (Phi) is 6.53. The molecule has 4 rings (SSSR count). The highest BCUT2D eigenvalue weighted by atomic mass is 32.2. The number of halogens is 1. The third-order valence-corrected chi connectivity index (χ3v) is 6.84. The largest absolute Gasteiger partial charge is 0.446 e. The SMILES string of the molecule is CS(=O)(=O)N[C@H]1CCCN(C(=O)OCC2(F)CC2)[C@H]1Cc1cccc(-c2ccccc2)c1. The van der Waals surface area contributed by atoms with E-state index < -0.39 is 33.9 Å². The quantitative estimate of drug-likeness (QED) is 0.680. The summed E-state index contributed by atoms with van der Waals surface area (Å²) in [5, 5.41) is 0. The number of piperidine rings is 1. The van der Waals surface area contributed by atoms with Crippen molar-refractivity contribution in [2.75, 3.05) is 19.4 Å². The topological polar surface area (TPSA) is 75.7 Å². The van der Waals surface area contributed by atoms with E-state index in [9.17, 15) is 17.6 Å². The third kappa shape index (κ3) is 5.86. The van der Waals surface area contributed by atoms with Gasteiger partial charge in [-0.3, -0.25) is 0 Å². The Morgan fingerprint density at radius 3 is 2.56 bits per heavy atom. The van der Waals surface area contributed by atoms with E-state index >= 15 is 0 Å². The minimum absolute atomic E-state index is 0.247. The minimum Gasteiger partial charge on any atom is -0.446 e. The molecule has 1 aliphatic heterocycles. The second-order valence-corrected chi connectivity index (χ2v) is 10.7. The molecule has 6 nitrogen and oxygen atoms in total. The molecule has 1 N–H and O–H groups in total. The lowest BCUT2D eigenvalue weighted by atomic mass is 9.90. The number of hydrogen-bond acceptors (Lipinski definition) is 4. The first-order valence-corrected chi connectivity index (χ1v) is 12.9. The number of alkyl halides is 1. The van der Waals surface area contributed by atoms with Gasteiger partial charge in [0.1, 0.15) is 12.3 Å². The number of carbonyl (C=O) groups is 1. The molecular formula is C24H29FN2O4S. The number of benzene rings is 2. The molecule has 2 aromatic rings. The number of ether oxygens (including phenoxy) is 1. The van der Waals surface area contributed by atoms with Crippen molar-refractivity contribution in [3.63, 3.8) is 0 Å². The molecule has 1 aliphatic carbocycles. The molecule has 2 atom stereocenters. The van der Waals surface area contributed by atoms with Gasteiger partial charge in [-0.25, -0.2) is 22.3 Å². The molecule has 2 aliphatic rings. The lowest BCUT2D eigenvalue weighted by molar-refractivity contribution is 0.0443. The Hall–Kier alpha value is -2.45. The normalized spacial score (nSPS) is 22.4. The summed E-state index contributed by atoms with van der Waals surface area (Å²) >= 11 is 0. The van der Waals surface area contributed by atoms with Crippen LogP contribution in [-0.2, 0) is 21.2 Å². The number of sulfonamides is 1. The van der Waals surface area contributed by atoms with Crippen LogP contribution < -0.4 is 4.72 Å². The van der Waals surface area contributed by atoms with Crippen LogP contribution >= 0.6 is 0 Å². The monoisotopic (exact) mass is 460 g/mol. The van der Waals surface area contributed by atoms with Crippen molar-refractivity contribution < 1.29 is 22.3 Å². The summed E-state index contributed by atoms with van der Waals surface area (Å²) in [5.74, 6) is 0. The molecule has 0 spiro atoms. The standard InChI is InChI=1S/C24H29FN2O4S/c1-32(29,30)26-21-11-6-14-27(23(28)31-17-24(25)12-13-24)22(21)16-18-7-5-10-20(15-18)19-8-3-2-4-9-19/h2-5,7-10,15,21-22,26H,6,11-14,16-17H2,1H3/t21-,22-/m0/s1. The highest BCUT2D eigenvalue weighted by Crippen LogP contribution is 2.40. The second-order valence-electron chi connectivity index (χ2n) is 8.88. The molecule has 1 heterocycles. The van der Waals surface area contributed by atoms with Crippen molar-refractivity contribution in [2.24, 2.45) is 0 Å². The molecular weight excluding hydrogens is 431 g/mol. The first-order valence-electron chi connectivity index (χ1n) is 11.0. The van der Waals surface area contributed by atoms with Crippen LogP contribution in [0.2, 0.25) is 0 Å². The Labute approximate surface area is 188 Å². The summed E-state index contributed by atoms with van der Waals surface area (Å²) in [6.45, 7) is 0.200. The maximum absolute atomic E-state index is 14.0. The fourth-order valence-electron chi connectivity index (χ4n) is 4.25. The van der Waals surface area contributed by atoms with Gasteiger partial charge >= 0.3 is 6.09 Å². The first-order chi connectivity index (χ1) is 15.2. The van der Waals surface area contributed by atoms with Gasteiger partial charge in [0.15, 0.2) is 0 Å². The van der Waals surface area contributed by atoms with Gasteiger partial charge in [0.2, 0.25) is 10.0 Å². The maximum atomic E-state index is 14.0. The average Bonchev–Trinajstić information content (AvgIpc) is 3.50. The number of amides is 1. The van der Waals surface area contributed by atoms with Crippen LogP contribution in [0.25, 0.3) is 11.1 Å². The van der Waals surface area contributed by atoms with Crippen LogP contribution in [0.3, 0.4) is 0 Å². The van der Waals surface area contributed by atoms with Crippen molar-refractivity contribution in [2.45, 2.75) is 49.9 Å². The zero-order valence-electron chi connectivity index (χ0n) is 18.2. The van der Waals surface area contributed by atoms with Crippen molar-refractivity contribution in [3.8, 4) is 11.1 Å². The van der Waals surface area contributed by atoms with E-state index in [1.807, 2.05) is 48.5 Å². The molecule has 32 heavy (non-hydrogen) atoms. The van der Waals surface area contributed by atoms with E-state index in [0.717, 1.165) is 22.9 Å². The second kappa shape index (κ2) is 9.19. The van der Waals surface area contributed by atoms with Gasteiger partial charge < -0.3 is 9.64 Å². The molecule has 1 amide bonds. The summed E-state index contributed by atoms with van der Waals surface area (Å²) in [6.07, 6.45) is 3.08. The van der Waals surface area contributed by atoms with Crippen LogP contribution in [0.1, 0.15) is 31.2 Å². The van der Waals surface area contributed by atoms with E-state index in [-0.39, 0.29) is 6.61 Å². The predicted octanol–water partition coefficient (Wildman–Crippen LogP) is 3.92. The number of carbonyl (C=O) groups excluding carboxylic acids is 1. The summed E-state index contributed by atoms with van der Waals surface area (Å²) in [4.78, 5) is 14.4. The summed E-state index contributed by atoms with van der Waals surface area (Å²) in [7, 11) is -3.46. The highest BCUT2D eigenvalue weighted by molar-refractivity contribution is 7.88. The Morgan fingerprint density at radius 1 is 1.16 bits per heavy atom. The summed E-state index contributed by atoms with van der Waals surface area (Å²) in [6, 6.07) is 17.1. The van der Waals surface area contributed by atoms with Crippen LogP contribution in [-0.4, -0.2) is 56.6 Å². The molecule has 8 heteroatoms. The number of rotatable bonds is 7. The molecule has 0 bridgehead atoms. The molecule has 2 aromatic carbocycles. The Bertz CT molecular complexity index is 1060. The Morgan fingerprint density at radius 2 is 1.88 bits per heavy atom. The van der Waals surface area contributed by atoms with Gasteiger partial charge in [-0.05, 0) is 48.8 Å². The van der Waals surface area contributed by atoms with Gasteiger partial charge in [0, 0.05) is 12.6 Å². The molecule has 1 saturated heterocycles.